The van der Waals surface area contributed by atoms with E-state index in [0.717, 1.165) is 6.07 Å². The molecule has 0 unspecified atom stereocenters. The molecule has 2 N–H and O–H groups in total. The molecule has 1 aliphatic heterocycles. The summed E-state index contributed by atoms with van der Waals surface area (Å²) in [5, 5.41) is 15.2. The summed E-state index contributed by atoms with van der Waals surface area (Å²) in [5.74, 6) is -0.374. The van der Waals surface area contributed by atoms with Crippen LogP contribution in [0.3, 0.4) is 0 Å². The number of aromatic nitrogens is 5. The Hall–Kier alpha value is -3.48. The number of nitrogens with zero attached hydrogens (tertiary/aromatic N) is 5. The molecule has 3 aromatic heterocycles. The molecule has 0 aliphatic carbocycles. The third-order valence-corrected chi connectivity index (χ3v) is 7.91. The minimum absolute atomic E-state index is 0.0670. The molecule has 184 valence electrons. The molecule has 0 amide bonds. The molecule has 4 heterocycles. The van der Waals surface area contributed by atoms with E-state index in [1.165, 1.54) is 24.8 Å². The van der Waals surface area contributed by atoms with Crippen LogP contribution in [0.1, 0.15) is 43.4 Å². The van der Waals surface area contributed by atoms with Gasteiger partial charge in [-0.1, -0.05) is 18.2 Å². The Labute approximate surface area is 198 Å². The quantitative estimate of drug-likeness (QED) is 0.406. The van der Waals surface area contributed by atoms with E-state index in [1.54, 1.807) is 17.4 Å². The molecule has 0 saturated carbocycles. The summed E-state index contributed by atoms with van der Waals surface area (Å²) in [4.78, 5) is 8.64. The minimum atomic E-state index is -3.01. The van der Waals surface area contributed by atoms with Gasteiger partial charge in [-0.25, -0.2) is 31.6 Å². The Morgan fingerprint density at radius 1 is 1.11 bits per heavy atom. The zero-order valence-electron chi connectivity index (χ0n) is 18.6. The molecular formula is C22H22F3N7O2S. The molecule has 13 heteroatoms. The van der Waals surface area contributed by atoms with Crippen LogP contribution >= 0.6 is 0 Å². The van der Waals surface area contributed by atoms with E-state index < -0.39 is 33.7 Å². The Kier molecular flexibility index (Phi) is 5.95. The fraction of sp³-hybridized carbons (Fsp3) is 0.364. The van der Waals surface area contributed by atoms with Crippen molar-refractivity contribution in [1.82, 2.24) is 24.6 Å². The maximum atomic E-state index is 14.7. The highest BCUT2D eigenvalue weighted by Crippen LogP contribution is 2.32. The van der Waals surface area contributed by atoms with Crippen molar-refractivity contribution in [1.29, 1.82) is 0 Å². The van der Waals surface area contributed by atoms with E-state index in [2.05, 4.69) is 30.8 Å². The number of halogens is 3. The molecule has 9 nitrogen and oxygen atoms in total. The van der Waals surface area contributed by atoms with Crippen LogP contribution in [0.25, 0.3) is 16.7 Å². The van der Waals surface area contributed by atoms with Crippen molar-refractivity contribution < 1.29 is 21.6 Å². The fourth-order valence-corrected chi connectivity index (χ4v) is 5.81. The summed E-state index contributed by atoms with van der Waals surface area (Å²) in [5.41, 5.74) is 1.06. The van der Waals surface area contributed by atoms with Gasteiger partial charge in [-0.3, -0.25) is 4.40 Å². The SMILES string of the molecule is C[C@@H](Nc1ncnc2c1cc(NC1CCS(=O)(=O)CC1)c1nncn12)c1cccc(C(F)F)c1F. The summed E-state index contributed by atoms with van der Waals surface area (Å²) in [7, 11) is -3.01. The second-order valence-electron chi connectivity index (χ2n) is 8.53. The first-order valence-corrected chi connectivity index (χ1v) is 12.8. The fourth-order valence-electron chi connectivity index (χ4n) is 4.32. The topological polar surface area (TPSA) is 114 Å². The zero-order valence-corrected chi connectivity index (χ0v) is 19.4. The molecule has 4 aromatic rings. The third kappa shape index (κ3) is 4.47. The van der Waals surface area contributed by atoms with Crippen molar-refractivity contribution in [2.45, 2.75) is 38.3 Å². The van der Waals surface area contributed by atoms with E-state index in [-0.39, 0.29) is 23.1 Å². The second kappa shape index (κ2) is 8.95. The van der Waals surface area contributed by atoms with Gasteiger partial charge in [0.2, 0.25) is 0 Å². The number of rotatable bonds is 6. The molecular weight excluding hydrogens is 483 g/mol. The number of anilines is 2. The highest BCUT2D eigenvalue weighted by molar-refractivity contribution is 7.91. The van der Waals surface area contributed by atoms with Gasteiger partial charge in [-0.2, -0.15) is 0 Å². The lowest BCUT2D eigenvalue weighted by Crippen LogP contribution is -2.32. The van der Waals surface area contributed by atoms with Gasteiger partial charge in [-0.05, 0) is 25.8 Å². The van der Waals surface area contributed by atoms with Crippen LogP contribution < -0.4 is 10.6 Å². The monoisotopic (exact) mass is 505 g/mol. The predicted molar refractivity (Wildman–Crippen MR) is 125 cm³/mol. The van der Waals surface area contributed by atoms with Crippen molar-refractivity contribution >= 4 is 38.0 Å². The molecule has 1 aromatic carbocycles. The number of hydrogen-bond acceptors (Lipinski definition) is 8. The predicted octanol–water partition coefficient (Wildman–Crippen LogP) is 3.91. The van der Waals surface area contributed by atoms with Crippen LogP contribution in [-0.4, -0.2) is 50.5 Å². The first-order chi connectivity index (χ1) is 16.7. The Morgan fingerprint density at radius 3 is 2.60 bits per heavy atom. The van der Waals surface area contributed by atoms with Crippen LogP contribution in [-0.2, 0) is 9.84 Å². The lowest BCUT2D eigenvalue weighted by atomic mass is 10.0. The van der Waals surface area contributed by atoms with Crippen molar-refractivity contribution in [2.24, 2.45) is 0 Å². The Bertz CT molecular complexity index is 1500. The van der Waals surface area contributed by atoms with Crippen molar-refractivity contribution in [3.63, 3.8) is 0 Å². The number of alkyl halides is 2. The summed E-state index contributed by atoms with van der Waals surface area (Å²) < 4.78 is 66.3. The largest absolute Gasteiger partial charge is 0.379 e. The van der Waals surface area contributed by atoms with Crippen LogP contribution in [0.4, 0.5) is 24.7 Å². The van der Waals surface area contributed by atoms with Gasteiger partial charge in [0.05, 0.1) is 34.2 Å². The van der Waals surface area contributed by atoms with E-state index >= 15 is 0 Å². The Morgan fingerprint density at radius 2 is 1.86 bits per heavy atom. The van der Waals surface area contributed by atoms with Gasteiger partial charge in [0, 0.05) is 11.6 Å². The minimum Gasteiger partial charge on any atom is -0.379 e. The van der Waals surface area contributed by atoms with Gasteiger partial charge in [0.15, 0.2) is 11.3 Å². The lowest BCUT2D eigenvalue weighted by molar-refractivity contribution is 0.146. The molecule has 0 spiro atoms. The number of nitrogens with one attached hydrogen (secondary N) is 2. The molecule has 35 heavy (non-hydrogen) atoms. The lowest BCUT2D eigenvalue weighted by Gasteiger charge is -2.24. The molecule has 1 atom stereocenters. The van der Waals surface area contributed by atoms with Crippen molar-refractivity contribution in [3.05, 3.63) is 53.9 Å². The summed E-state index contributed by atoms with van der Waals surface area (Å²) in [6.45, 7) is 1.65. The molecule has 1 aliphatic rings. The highest BCUT2D eigenvalue weighted by Gasteiger charge is 2.25. The van der Waals surface area contributed by atoms with E-state index in [4.69, 9.17) is 0 Å². The first-order valence-electron chi connectivity index (χ1n) is 11.0. The van der Waals surface area contributed by atoms with Crippen LogP contribution in [0.5, 0.6) is 0 Å². The molecule has 5 rings (SSSR count). The van der Waals surface area contributed by atoms with E-state index in [1.807, 2.05) is 0 Å². The number of pyridine rings is 1. The first kappa shape index (κ1) is 23.3. The third-order valence-electron chi connectivity index (χ3n) is 6.20. The van der Waals surface area contributed by atoms with Crippen LogP contribution in [0.15, 0.2) is 36.9 Å². The number of hydrogen-bond donors (Lipinski definition) is 2. The summed E-state index contributed by atoms with van der Waals surface area (Å²) >= 11 is 0. The maximum Gasteiger partial charge on any atom is 0.266 e. The van der Waals surface area contributed by atoms with Gasteiger partial charge in [0.25, 0.3) is 6.43 Å². The van der Waals surface area contributed by atoms with Crippen molar-refractivity contribution in [2.75, 3.05) is 22.1 Å². The molecule has 1 saturated heterocycles. The van der Waals surface area contributed by atoms with Gasteiger partial charge in [0.1, 0.15) is 34.1 Å². The van der Waals surface area contributed by atoms with Gasteiger partial charge >= 0.3 is 0 Å². The van der Waals surface area contributed by atoms with Gasteiger partial charge < -0.3 is 10.6 Å². The highest BCUT2D eigenvalue weighted by atomic mass is 32.2. The number of fused-ring (bicyclic) bond motifs is 3. The maximum absolute atomic E-state index is 14.7. The number of sulfone groups is 1. The van der Waals surface area contributed by atoms with E-state index in [9.17, 15) is 21.6 Å². The van der Waals surface area contributed by atoms with Gasteiger partial charge in [-0.15, -0.1) is 10.2 Å². The van der Waals surface area contributed by atoms with Crippen LogP contribution in [0, 0.1) is 5.82 Å². The van der Waals surface area contributed by atoms with E-state index in [0.29, 0.717) is 41.0 Å². The molecule has 0 bridgehead atoms. The standard InChI is InChI=1S/C22H22F3N7O2S/c1-12(14-3-2-4-15(18(14)23)19(24)25)29-20-16-9-17(30-13-5-7-35(33,34)8-6-13)22-31-28-11-32(22)21(16)27-10-26-20/h2-4,9-13,19,30H,5-8H2,1H3,(H,26,27,29)/t12-/m1/s1. The normalized spacial score (nSPS) is 17.2. The second-order valence-corrected chi connectivity index (χ2v) is 10.8. The van der Waals surface area contributed by atoms with Crippen LogP contribution in [0.2, 0.25) is 0 Å². The summed E-state index contributed by atoms with van der Waals surface area (Å²) in [6, 6.07) is 4.94. The molecule has 1 fully saturated rings. The smallest absolute Gasteiger partial charge is 0.266 e. The number of benzene rings is 1. The molecule has 0 radical (unpaired) electrons. The Balaban J connectivity index is 1.51. The zero-order chi connectivity index (χ0) is 24.7. The average molecular weight is 506 g/mol. The summed E-state index contributed by atoms with van der Waals surface area (Å²) in [6.07, 6.45) is 0.844. The average Bonchev–Trinajstić information content (AvgIpc) is 3.31. The van der Waals surface area contributed by atoms with Crippen molar-refractivity contribution in [3.8, 4) is 0 Å².